The number of rotatable bonds is 3. The zero-order valence-electron chi connectivity index (χ0n) is 11.1. The van der Waals surface area contributed by atoms with Gasteiger partial charge in [0.25, 0.3) is 0 Å². The number of fused-ring (bicyclic) bond motifs is 1. The Bertz CT molecular complexity index is 589. The molecule has 0 fully saturated rings. The maximum absolute atomic E-state index is 11.5. The molecule has 2 aromatic rings. The third-order valence-electron chi connectivity index (χ3n) is 3.63. The van der Waals surface area contributed by atoms with Crippen LogP contribution in [0.1, 0.15) is 34.1 Å². The Kier molecular flexibility index (Phi) is 3.38. The van der Waals surface area contributed by atoms with Gasteiger partial charge >= 0.3 is 0 Å². The Morgan fingerprint density at radius 3 is 3.00 bits per heavy atom. The van der Waals surface area contributed by atoms with E-state index in [1.165, 1.54) is 22.5 Å². The second-order valence-electron chi connectivity index (χ2n) is 5.00. The smallest absolute Gasteiger partial charge is 0.159 e. The van der Waals surface area contributed by atoms with Crippen molar-refractivity contribution in [3.63, 3.8) is 0 Å². The summed E-state index contributed by atoms with van der Waals surface area (Å²) in [5.74, 6) is 0.151. The number of aryl methyl sites for hydroxylation is 1. The van der Waals surface area contributed by atoms with Gasteiger partial charge in [-0.15, -0.1) is 11.3 Å². The van der Waals surface area contributed by atoms with Crippen molar-refractivity contribution in [3.8, 4) is 0 Å². The van der Waals surface area contributed by atoms with Crippen LogP contribution in [0.4, 0.5) is 5.69 Å². The van der Waals surface area contributed by atoms with Crippen molar-refractivity contribution in [2.45, 2.75) is 26.3 Å². The summed E-state index contributed by atoms with van der Waals surface area (Å²) in [5.41, 5.74) is 3.44. The number of hydrogen-bond donors (Lipinski definition) is 0. The van der Waals surface area contributed by atoms with Gasteiger partial charge in [-0.2, -0.15) is 0 Å². The van der Waals surface area contributed by atoms with Crippen molar-refractivity contribution < 1.29 is 4.79 Å². The van der Waals surface area contributed by atoms with E-state index in [-0.39, 0.29) is 5.78 Å². The molecule has 2 heterocycles. The standard InChI is InChI=1S/C16H17NOS/c1-12(18)13-6-7-16-14(10-13)4-2-8-17(16)11-15-5-3-9-19-15/h3,5-7,9-10H,2,4,8,11H2,1H3. The Morgan fingerprint density at radius 1 is 1.37 bits per heavy atom. The topological polar surface area (TPSA) is 20.3 Å². The number of nitrogens with zero attached hydrogens (tertiary/aromatic N) is 1. The molecule has 0 N–H and O–H groups in total. The summed E-state index contributed by atoms with van der Waals surface area (Å²) >= 11 is 1.80. The highest BCUT2D eigenvalue weighted by Crippen LogP contribution is 2.30. The highest BCUT2D eigenvalue weighted by Gasteiger charge is 2.18. The van der Waals surface area contributed by atoms with Crippen molar-refractivity contribution in [3.05, 3.63) is 51.7 Å². The van der Waals surface area contributed by atoms with E-state index in [1.54, 1.807) is 18.3 Å². The molecule has 0 atom stereocenters. The third-order valence-corrected chi connectivity index (χ3v) is 4.49. The van der Waals surface area contributed by atoms with E-state index < -0.39 is 0 Å². The van der Waals surface area contributed by atoms with E-state index >= 15 is 0 Å². The van der Waals surface area contributed by atoms with Crippen LogP contribution in [-0.2, 0) is 13.0 Å². The average Bonchev–Trinajstić information content (AvgIpc) is 2.91. The summed E-state index contributed by atoms with van der Waals surface area (Å²) in [6.07, 6.45) is 2.25. The first-order valence-corrected chi connectivity index (χ1v) is 7.53. The molecule has 98 valence electrons. The van der Waals surface area contributed by atoms with E-state index in [1.807, 2.05) is 6.07 Å². The van der Waals surface area contributed by atoms with E-state index in [4.69, 9.17) is 0 Å². The van der Waals surface area contributed by atoms with Crippen LogP contribution in [-0.4, -0.2) is 12.3 Å². The Balaban J connectivity index is 1.89. The molecule has 0 saturated carbocycles. The number of thiophene rings is 1. The van der Waals surface area contributed by atoms with Gasteiger partial charge in [-0.3, -0.25) is 4.79 Å². The molecular weight excluding hydrogens is 254 g/mol. The van der Waals surface area contributed by atoms with Gasteiger partial charge in [0.15, 0.2) is 5.78 Å². The van der Waals surface area contributed by atoms with Crippen molar-refractivity contribution in [2.75, 3.05) is 11.4 Å². The van der Waals surface area contributed by atoms with Crippen LogP contribution in [0.2, 0.25) is 0 Å². The fourth-order valence-corrected chi connectivity index (χ4v) is 3.37. The van der Waals surface area contributed by atoms with Crippen molar-refractivity contribution >= 4 is 22.8 Å². The van der Waals surface area contributed by atoms with Crippen molar-refractivity contribution in [2.24, 2.45) is 0 Å². The third kappa shape index (κ3) is 2.56. The molecule has 3 heteroatoms. The number of hydrogen-bond acceptors (Lipinski definition) is 3. The van der Waals surface area contributed by atoms with Crippen LogP contribution in [0.25, 0.3) is 0 Å². The van der Waals surface area contributed by atoms with Crippen LogP contribution in [0.3, 0.4) is 0 Å². The fourth-order valence-electron chi connectivity index (χ4n) is 2.65. The lowest BCUT2D eigenvalue weighted by Gasteiger charge is -2.31. The second-order valence-corrected chi connectivity index (χ2v) is 6.04. The Hall–Kier alpha value is -1.61. The molecule has 1 aromatic carbocycles. The number of Topliss-reactive ketones (excluding diaryl/α,β-unsaturated/α-hetero) is 1. The summed E-state index contributed by atoms with van der Waals surface area (Å²) in [4.78, 5) is 15.3. The molecule has 1 aliphatic rings. The molecule has 0 aliphatic carbocycles. The van der Waals surface area contributed by atoms with E-state index in [0.717, 1.165) is 25.1 Å². The first kappa shape index (κ1) is 12.4. The quantitative estimate of drug-likeness (QED) is 0.789. The largest absolute Gasteiger partial charge is 0.366 e. The average molecular weight is 271 g/mol. The van der Waals surface area contributed by atoms with Gasteiger partial charge in [-0.25, -0.2) is 0 Å². The van der Waals surface area contributed by atoms with Crippen LogP contribution >= 0.6 is 11.3 Å². The minimum absolute atomic E-state index is 0.151. The van der Waals surface area contributed by atoms with Gasteiger partial charge in [-0.1, -0.05) is 6.07 Å². The van der Waals surface area contributed by atoms with Crippen LogP contribution < -0.4 is 4.90 Å². The predicted octanol–water partition coefficient (Wildman–Crippen LogP) is 3.90. The number of benzene rings is 1. The number of anilines is 1. The van der Waals surface area contributed by atoms with Crippen molar-refractivity contribution in [1.82, 2.24) is 0 Å². The zero-order chi connectivity index (χ0) is 13.2. The lowest BCUT2D eigenvalue weighted by Crippen LogP contribution is -2.28. The minimum atomic E-state index is 0.151. The summed E-state index contributed by atoms with van der Waals surface area (Å²) < 4.78 is 0. The fraction of sp³-hybridized carbons (Fsp3) is 0.312. The normalized spacial score (nSPS) is 14.3. The SMILES string of the molecule is CC(=O)c1ccc2c(c1)CCCN2Cc1cccs1. The summed E-state index contributed by atoms with van der Waals surface area (Å²) in [6.45, 7) is 3.71. The van der Waals surface area contributed by atoms with Gasteiger partial charge in [0.1, 0.15) is 0 Å². The molecule has 19 heavy (non-hydrogen) atoms. The second kappa shape index (κ2) is 5.17. The van der Waals surface area contributed by atoms with Gasteiger partial charge in [0.05, 0.1) is 6.54 Å². The molecule has 0 radical (unpaired) electrons. The summed E-state index contributed by atoms with van der Waals surface area (Å²) in [7, 11) is 0. The number of carbonyl (C=O) groups excluding carboxylic acids is 1. The van der Waals surface area contributed by atoms with Crippen LogP contribution in [0, 0.1) is 0 Å². The van der Waals surface area contributed by atoms with E-state index in [0.29, 0.717) is 0 Å². The highest BCUT2D eigenvalue weighted by atomic mass is 32.1. The Morgan fingerprint density at radius 2 is 2.26 bits per heavy atom. The first-order chi connectivity index (χ1) is 9.24. The number of ketones is 1. The maximum Gasteiger partial charge on any atom is 0.159 e. The number of carbonyl (C=O) groups is 1. The summed E-state index contributed by atoms with van der Waals surface area (Å²) in [5, 5.41) is 2.12. The van der Waals surface area contributed by atoms with Crippen LogP contribution in [0.5, 0.6) is 0 Å². The van der Waals surface area contributed by atoms with E-state index in [2.05, 4.69) is 34.5 Å². The lowest BCUT2D eigenvalue weighted by molar-refractivity contribution is 0.101. The molecular formula is C16H17NOS. The van der Waals surface area contributed by atoms with Gasteiger partial charge < -0.3 is 4.90 Å². The predicted molar refractivity (Wildman–Crippen MR) is 80.1 cm³/mol. The summed E-state index contributed by atoms with van der Waals surface area (Å²) in [6, 6.07) is 10.4. The first-order valence-electron chi connectivity index (χ1n) is 6.65. The zero-order valence-corrected chi connectivity index (χ0v) is 11.9. The molecule has 0 saturated heterocycles. The minimum Gasteiger partial charge on any atom is -0.366 e. The van der Waals surface area contributed by atoms with Crippen molar-refractivity contribution in [1.29, 1.82) is 0 Å². The molecule has 1 aromatic heterocycles. The molecule has 2 nitrogen and oxygen atoms in total. The van der Waals surface area contributed by atoms with Gasteiger partial charge in [-0.05, 0) is 55.0 Å². The van der Waals surface area contributed by atoms with Gasteiger partial charge in [0, 0.05) is 22.7 Å². The molecule has 1 aliphatic heterocycles. The molecule has 3 rings (SSSR count). The van der Waals surface area contributed by atoms with Gasteiger partial charge in [0.2, 0.25) is 0 Å². The van der Waals surface area contributed by atoms with Crippen LogP contribution in [0.15, 0.2) is 35.7 Å². The lowest BCUT2D eigenvalue weighted by atomic mass is 9.98. The maximum atomic E-state index is 11.5. The molecule has 0 amide bonds. The highest BCUT2D eigenvalue weighted by molar-refractivity contribution is 7.09. The molecule has 0 spiro atoms. The monoisotopic (exact) mass is 271 g/mol. The Labute approximate surface area is 117 Å². The van der Waals surface area contributed by atoms with E-state index in [9.17, 15) is 4.79 Å². The molecule has 0 unspecified atom stereocenters. The molecule has 0 bridgehead atoms.